The van der Waals surface area contributed by atoms with Crippen LogP contribution in [0, 0.1) is 6.92 Å². The topological polar surface area (TPSA) is 110 Å². The van der Waals surface area contributed by atoms with Gasteiger partial charge in [-0.3, -0.25) is 0 Å². The number of phenols is 1. The Kier molecular flexibility index (Phi) is 3.21. The first-order chi connectivity index (χ1) is 10.5. The van der Waals surface area contributed by atoms with E-state index in [4.69, 9.17) is 4.74 Å². The smallest absolute Gasteiger partial charge is 0.352 e. The summed E-state index contributed by atoms with van der Waals surface area (Å²) >= 11 is 0. The predicted molar refractivity (Wildman–Crippen MR) is 76.9 cm³/mol. The number of ether oxygens (including phenoxy) is 1. The van der Waals surface area contributed by atoms with Gasteiger partial charge in [-0.2, -0.15) is 10.1 Å². The fraction of sp³-hybridized carbons (Fsp3) is 0.214. The molecule has 22 heavy (non-hydrogen) atoms. The van der Waals surface area contributed by atoms with Crippen LogP contribution in [-0.4, -0.2) is 38.1 Å². The molecule has 0 saturated heterocycles. The molecule has 3 rings (SSSR count). The summed E-state index contributed by atoms with van der Waals surface area (Å²) in [5, 5.41) is 26.1. The molecule has 0 bridgehead atoms. The van der Waals surface area contributed by atoms with Gasteiger partial charge in [-0.25, -0.2) is 9.48 Å². The van der Waals surface area contributed by atoms with Crippen molar-refractivity contribution in [1.82, 2.24) is 14.8 Å². The van der Waals surface area contributed by atoms with E-state index in [0.29, 0.717) is 23.1 Å². The Bertz CT molecular complexity index is 781. The minimum absolute atomic E-state index is 0.0141. The second kappa shape index (κ2) is 5.06. The average molecular weight is 302 g/mol. The van der Waals surface area contributed by atoms with Gasteiger partial charge in [0.15, 0.2) is 11.5 Å². The summed E-state index contributed by atoms with van der Waals surface area (Å²) in [7, 11) is 1.46. The lowest BCUT2D eigenvalue weighted by Crippen LogP contribution is -2.24. The Hall–Kier alpha value is -3.03. The first-order valence-corrected chi connectivity index (χ1v) is 6.52. The number of carboxylic acids is 1. The molecule has 2 aromatic rings. The molecule has 1 aliphatic rings. The van der Waals surface area contributed by atoms with Crippen molar-refractivity contribution in [2.45, 2.75) is 13.0 Å². The SMILES string of the molecule is COc1ccc(C2C=C(C(=O)O)Nc3nc(C)nn32)cc1O. The van der Waals surface area contributed by atoms with Crippen LogP contribution in [0.2, 0.25) is 0 Å². The predicted octanol–water partition coefficient (Wildman–Crippen LogP) is 1.28. The Morgan fingerprint density at radius 3 is 2.86 bits per heavy atom. The fourth-order valence-electron chi connectivity index (χ4n) is 2.35. The van der Waals surface area contributed by atoms with Crippen molar-refractivity contribution >= 4 is 11.9 Å². The number of methoxy groups -OCH3 is 1. The zero-order chi connectivity index (χ0) is 15.9. The largest absolute Gasteiger partial charge is 0.504 e. The molecule has 8 nitrogen and oxygen atoms in total. The molecule has 1 aromatic carbocycles. The molecule has 0 saturated carbocycles. The van der Waals surface area contributed by atoms with Crippen LogP contribution in [0.1, 0.15) is 17.4 Å². The normalized spacial score (nSPS) is 16.5. The molecule has 1 aromatic heterocycles. The average Bonchev–Trinajstić information content (AvgIpc) is 2.86. The number of fused-ring (bicyclic) bond motifs is 1. The number of nitrogens with one attached hydrogen (secondary N) is 1. The maximum Gasteiger partial charge on any atom is 0.352 e. The number of benzene rings is 1. The van der Waals surface area contributed by atoms with Gasteiger partial charge in [0.2, 0.25) is 5.95 Å². The van der Waals surface area contributed by atoms with Crippen molar-refractivity contribution in [1.29, 1.82) is 0 Å². The molecule has 114 valence electrons. The Balaban J connectivity index is 2.11. The first kappa shape index (κ1) is 13.9. The van der Waals surface area contributed by atoms with Gasteiger partial charge in [0.1, 0.15) is 17.6 Å². The summed E-state index contributed by atoms with van der Waals surface area (Å²) in [4.78, 5) is 15.4. The third kappa shape index (κ3) is 2.24. The van der Waals surface area contributed by atoms with E-state index in [9.17, 15) is 15.0 Å². The Morgan fingerprint density at radius 1 is 1.45 bits per heavy atom. The van der Waals surface area contributed by atoms with Gasteiger partial charge in [0.05, 0.1) is 7.11 Å². The lowest BCUT2D eigenvalue weighted by Gasteiger charge is -2.22. The highest BCUT2D eigenvalue weighted by atomic mass is 16.5. The number of aromatic nitrogens is 3. The number of aliphatic carboxylic acids is 1. The van der Waals surface area contributed by atoms with Crippen LogP contribution >= 0.6 is 0 Å². The number of carbonyl (C=O) groups is 1. The van der Waals surface area contributed by atoms with E-state index < -0.39 is 12.0 Å². The fourth-order valence-corrected chi connectivity index (χ4v) is 2.35. The summed E-state index contributed by atoms with van der Waals surface area (Å²) in [6.07, 6.45) is 1.52. The van der Waals surface area contributed by atoms with E-state index in [1.54, 1.807) is 23.7 Å². The summed E-state index contributed by atoms with van der Waals surface area (Å²) in [5.41, 5.74) is 0.685. The summed E-state index contributed by atoms with van der Waals surface area (Å²) < 4.78 is 6.59. The van der Waals surface area contributed by atoms with Crippen molar-refractivity contribution in [2.24, 2.45) is 0 Å². The highest BCUT2D eigenvalue weighted by Crippen LogP contribution is 2.34. The minimum Gasteiger partial charge on any atom is -0.504 e. The second-order valence-electron chi connectivity index (χ2n) is 4.81. The van der Waals surface area contributed by atoms with E-state index in [-0.39, 0.29) is 11.4 Å². The molecule has 1 unspecified atom stereocenters. The van der Waals surface area contributed by atoms with Crippen LogP contribution in [0.25, 0.3) is 0 Å². The molecule has 8 heteroatoms. The van der Waals surface area contributed by atoms with Gasteiger partial charge in [0, 0.05) is 0 Å². The molecule has 0 radical (unpaired) electrons. The van der Waals surface area contributed by atoms with E-state index >= 15 is 0 Å². The summed E-state index contributed by atoms with van der Waals surface area (Å²) in [5.74, 6) is 0.0925. The van der Waals surface area contributed by atoms with E-state index in [1.807, 2.05) is 0 Å². The third-order valence-corrected chi connectivity index (χ3v) is 3.35. The second-order valence-corrected chi connectivity index (χ2v) is 4.81. The van der Waals surface area contributed by atoms with Crippen LogP contribution in [0.15, 0.2) is 30.0 Å². The summed E-state index contributed by atoms with van der Waals surface area (Å²) in [6.45, 7) is 1.72. The van der Waals surface area contributed by atoms with Crippen molar-refractivity contribution < 1.29 is 19.7 Å². The van der Waals surface area contributed by atoms with Crippen LogP contribution in [-0.2, 0) is 4.79 Å². The minimum atomic E-state index is -1.09. The lowest BCUT2D eigenvalue weighted by molar-refractivity contribution is -0.132. The lowest BCUT2D eigenvalue weighted by atomic mass is 10.0. The zero-order valence-corrected chi connectivity index (χ0v) is 11.9. The maximum atomic E-state index is 11.3. The van der Waals surface area contributed by atoms with Gasteiger partial charge < -0.3 is 20.3 Å². The molecule has 0 spiro atoms. The van der Waals surface area contributed by atoms with Gasteiger partial charge in [-0.05, 0) is 30.7 Å². The molecule has 1 atom stereocenters. The number of nitrogens with zero attached hydrogens (tertiary/aromatic N) is 3. The van der Waals surface area contributed by atoms with Gasteiger partial charge >= 0.3 is 5.97 Å². The number of anilines is 1. The third-order valence-electron chi connectivity index (χ3n) is 3.35. The van der Waals surface area contributed by atoms with Crippen molar-refractivity contribution in [3.05, 3.63) is 41.4 Å². The van der Waals surface area contributed by atoms with Crippen molar-refractivity contribution in [3.8, 4) is 11.5 Å². The molecule has 1 aliphatic heterocycles. The number of hydrogen-bond donors (Lipinski definition) is 3. The first-order valence-electron chi connectivity index (χ1n) is 6.52. The standard InChI is InChI=1S/C14H14N4O4/c1-7-15-14-16-9(13(20)21)6-10(18(14)17-7)8-3-4-12(22-2)11(19)5-8/h3-6,10,19H,1-2H3,(H,20,21)(H,15,16,17). The molecule has 0 fully saturated rings. The number of aromatic hydroxyl groups is 1. The van der Waals surface area contributed by atoms with Crippen molar-refractivity contribution in [3.63, 3.8) is 0 Å². The van der Waals surface area contributed by atoms with Gasteiger partial charge in [0.25, 0.3) is 0 Å². The number of phenolic OH excluding ortho intramolecular Hbond substituents is 1. The van der Waals surface area contributed by atoms with Crippen molar-refractivity contribution in [2.75, 3.05) is 12.4 Å². The number of allylic oxidation sites excluding steroid dienone is 1. The highest BCUT2D eigenvalue weighted by Gasteiger charge is 2.27. The number of rotatable bonds is 3. The number of carboxylic acid groups (broad SMARTS) is 1. The Labute approximate surface area is 125 Å². The molecular weight excluding hydrogens is 288 g/mol. The monoisotopic (exact) mass is 302 g/mol. The van der Waals surface area contributed by atoms with Crippen LogP contribution in [0.4, 0.5) is 5.95 Å². The zero-order valence-electron chi connectivity index (χ0n) is 11.9. The maximum absolute atomic E-state index is 11.3. The Morgan fingerprint density at radius 2 is 2.23 bits per heavy atom. The molecular formula is C14H14N4O4. The summed E-state index contributed by atoms with van der Waals surface area (Å²) in [6, 6.07) is 4.39. The molecule has 2 heterocycles. The number of hydrogen-bond acceptors (Lipinski definition) is 6. The van der Waals surface area contributed by atoms with Crippen LogP contribution in [0.3, 0.4) is 0 Å². The molecule has 0 aliphatic carbocycles. The van der Waals surface area contributed by atoms with Crippen LogP contribution < -0.4 is 10.1 Å². The van der Waals surface area contributed by atoms with E-state index in [2.05, 4.69) is 15.4 Å². The number of aryl methyl sites for hydroxylation is 1. The van der Waals surface area contributed by atoms with Gasteiger partial charge in [-0.1, -0.05) is 6.07 Å². The van der Waals surface area contributed by atoms with E-state index in [1.165, 1.54) is 19.3 Å². The van der Waals surface area contributed by atoms with Gasteiger partial charge in [-0.15, -0.1) is 0 Å². The molecule has 0 amide bonds. The quantitative estimate of drug-likeness (QED) is 0.783. The highest BCUT2D eigenvalue weighted by molar-refractivity contribution is 5.90. The van der Waals surface area contributed by atoms with Crippen LogP contribution in [0.5, 0.6) is 11.5 Å². The molecule has 3 N–H and O–H groups in total. The van der Waals surface area contributed by atoms with E-state index in [0.717, 1.165) is 0 Å².